The molecule has 0 aromatic carbocycles. The summed E-state index contributed by atoms with van der Waals surface area (Å²) in [6.45, 7) is 4.83. The Morgan fingerprint density at radius 3 is 2.62 bits per heavy atom. The molecule has 0 aromatic heterocycles. The summed E-state index contributed by atoms with van der Waals surface area (Å²) in [7, 11) is 1.89. The molecule has 1 amide bonds. The van der Waals surface area contributed by atoms with Crippen LogP contribution in [0.15, 0.2) is 0 Å². The molecule has 1 saturated heterocycles. The summed E-state index contributed by atoms with van der Waals surface area (Å²) in [6, 6.07) is 0.190. The van der Waals surface area contributed by atoms with Gasteiger partial charge in [0.1, 0.15) is 0 Å². The zero-order valence-electron chi connectivity index (χ0n) is 10.1. The largest absolute Gasteiger partial charge is 0.479 e. The molecule has 5 heteroatoms. The molecular formula is C11H20N2O3. The van der Waals surface area contributed by atoms with E-state index in [2.05, 4.69) is 0 Å². The highest BCUT2D eigenvalue weighted by atomic mass is 16.4. The first-order valence-corrected chi connectivity index (χ1v) is 5.63. The quantitative estimate of drug-likeness (QED) is 0.692. The zero-order valence-corrected chi connectivity index (χ0v) is 10.1. The number of rotatable bonds is 5. The number of aliphatic carboxylic acids is 1. The third-order valence-corrected chi connectivity index (χ3v) is 3.44. The van der Waals surface area contributed by atoms with E-state index in [0.29, 0.717) is 25.9 Å². The number of likely N-dealkylation sites (N-methyl/N-ethyl adjacent to an activating group) is 1. The molecule has 2 unspecified atom stereocenters. The minimum Gasteiger partial charge on any atom is -0.479 e. The zero-order chi connectivity index (χ0) is 12.3. The van der Waals surface area contributed by atoms with E-state index in [-0.39, 0.29) is 6.04 Å². The number of amides is 1. The van der Waals surface area contributed by atoms with Crippen molar-refractivity contribution in [2.24, 2.45) is 0 Å². The lowest BCUT2D eigenvalue weighted by Gasteiger charge is -2.34. The Kier molecular flexibility index (Phi) is 3.91. The van der Waals surface area contributed by atoms with Gasteiger partial charge in [-0.05, 0) is 26.8 Å². The van der Waals surface area contributed by atoms with Crippen LogP contribution in [-0.4, -0.2) is 59.0 Å². The summed E-state index contributed by atoms with van der Waals surface area (Å²) >= 11 is 0. The summed E-state index contributed by atoms with van der Waals surface area (Å²) in [5.41, 5.74) is -1.04. The monoisotopic (exact) mass is 228 g/mol. The average molecular weight is 228 g/mol. The number of hydrogen-bond donors (Lipinski definition) is 1. The molecule has 1 fully saturated rings. The van der Waals surface area contributed by atoms with Gasteiger partial charge in [0.2, 0.25) is 6.41 Å². The SMILES string of the molecule is CCCN(C=O)C1(C(=O)O)CC(C)N(C)C1. The molecule has 5 nitrogen and oxygen atoms in total. The third kappa shape index (κ3) is 2.04. The molecule has 1 heterocycles. The number of hydrogen-bond acceptors (Lipinski definition) is 3. The lowest BCUT2D eigenvalue weighted by molar-refractivity contribution is -0.154. The van der Waals surface area contributed by atoms with Crippen molar-refractivity contribution in [3.05, 3.63) is 0 Å². The van der Waals surface area contributed by atoms with Gasteiger partial charge in [-0.2, -0.15) is 0 Å². The van der Waals surface area contributed by atoms with Crippen molar-refractivity contribution in [2.45, 2.75) is 38.3 Å². The maximum Gasteiger partial charge on any atom is 0.331 e. The first kappa shape index (κ1) is 13.0. The van der Waals surface area contributed by atoms with E-state index in [1.54, 1.807) is 0 Å². The van der Waals surface area contributed by atoms with Crippen LogP contribution in [0, 0.1) is 0 Å². The molecule has 1 aliphatic heterocycles. The fourth-order valence-corrected chi connectivity index (χ4v) is 2.37. The average Bonchev–Trinajstić information content (AvgIpc) is 2.53. The summed E-state index contributed by atoms with van der Waals surface area (Å²) < 4.78 is 0. The minimum absolute atomic E-state index is 0.190. The molecule has 0 bridgehead atoms. The Hall–Kier alpha value is -1.10. The van der Waals surface area contributed by atoms with Gasteiger partial charge in [-0.1, -0.05) is 6.92 Å². The van der Waals surface area contributed by atoms with Crippen LogP contribution in [0.2, 0.25) is 0 Å². The second-order valence-electron chi connectivity index (χ2n) is 4.60. The van der Waals surface area contributed by atoms with Crippen LogP contribution in [0.4, 0.5) is 0 Å². The van der Waals surface area contributed by atoms with Crippen LogP contribution in [-0.2, 0) is 9.59 Å². The first-order chi connectivity index (χ1) is 7.47. The molecular weight excluding hydrogens is 208 g/mol. The van der Waals surface area contributed by atoms with Gasteiger partial charge in [0.15, 0.2) is 5.54 Å². The molecule has 0 radical (unpaired) electrons. The molecule has 1 N–H and O–H groups in total. The molecule has 0 aromatic rings. The van der Waals surface area contributed by atoms with Gasteiger partial charge in [-0.25, -0.2) is 4.79 Å². The number of carbonyl (C=O) groups excluding carboxylic acids is 1. The Labute approximate surface area is 96.0 Å². The van der Waals surface area contributed by atoms with Crippen molar-refractivity contribution in [3.63, 3.8) is 0 Å². The standard InChI is InChI=1S/C11H20N2O3/c1-4-5-13(8-14)11(10(15)16)6-9(2)12(3)7-11/h8-9H,4-7H2,1-3H3,(H,15,16). The number of carbonyl (C=O) groups is 2. The van der Waals surface area contributed by atoms with Gasteiger partial charge in [-0.3, -0.25) is 4.79 Å². The molecule has 0 aliphatic carbocycles. The highest BCUT2D eigenvalue weighted by molar-refractivity contribution is 5.82. The van der Waals surface area contributed by atoms with Crippen molar-refractivity contribution < 1.29 is 14.7 Å². The lowest BCUT2D eigenvalue weighted by atomic mass is 9.94. The van der Waals surface area contributed by atoms with Crippen molar-refractivity contribution in [2.75, 3.05) is 20.1 Å². The second-order valence-corrected chi connectivity index (χ2v) is 4.60. The maximum atomic E-state index is 11.5. The molecule has 2 atom stereocenters. The fourth-order valence-electron chi connectivity index (χ4n) is 2.37. The van der Waals surface area contributed by atoms with Gasteiger partial charge in [0, 0.05) is 19.1 Å². The summed E-state index contributed by atoms with van der Waals surface area (Å²) in [6.07, 6.45) is 1.94. The number of carboxylic acids is 1. The summed E-state index contributed by atoms with van der Waals surface area (Å²) in [4.78, 5) is 25.9. The van der Waals surface area contributed by atoms with E-state index in [4.69, 9.17) is 0 Å². The normalized spacial score (nSPS) is 30.3. The van der Waals surface area contributed by atoms with E-state index in [0.717, 1.165) is 6.42 Å². The Morgan fingerprint density at radius 1 is 1.69 bits per heavy atom. The van der Waals surface area contributed by atoms with E-state index >= 15 is 0 Å². The summed E-state index contributed by atoms with van der Waals surface area (Å²) in [5.74, 6) is -0.899. The lowest BCUT2D eigenvalue weighted by Crippen LogP contribution is -2.56. The first-order valence-electron chi connectivity index (χ1n) is 5.63. The fraction of sp³-hybridized carbons (Fsp3) is 0.818. The Morgan fingerprint density at radius 2 is 2.31 bits per heavy atom. The van der Waals surface area contributed by atoms with Gasteiger partial charge in [0.05, 0.1) is 0 Å². The van der Waals surface area contributed by atoms with Crippen LogP contribution in [0.25, 0.3) is 0 Å². The minimum atomic E-state index is -1.04. The Balaban J connectivity index is 2.97. The third-order valence-electron chi connectivity index (χ3n) is 3.44. The van der Waals surface area contributed by atoms with E-state index in [9.17, 15) is 14.7 Å². The molecule has 1 aliphatic rings. The van der Waals surface area contributed by atoms with Crippen molar-refractivity contribution in [1.29, 1.82) is 0 Å². The molecule has 1 rings (SSSR count). The van der Waals surface area contributed by atoms with Gasteiger partial charge in [0.25, 0.3) is 0 Å². The van der Waals surface area contributed by atoms with Crippen LogP contribution < -0.4 is 0 Å². The predicted octanol–water partition coefficient (Wildman–Crippen LogP) is 0.402. The molecule has 16 heavy (non-hydrogen) atoms. The van der Waals surface area contributed by atoms with Crippen LogP contribution in [0.1, 0.15) is 26.7 Å². The molecule has 92 valence electrons. The van der Waals surface area contributed by atoms with E-state index < -0.39 is 11.5 Å². The highest BCUT2D eigenvalue weighted by Crippen LogP contribution is 2.31. The topological polar surface area (TPSA) is 60.9 Å². The number of nitrogens with zero attached hydrogens (tertiary/aromatic N) is 2. The Bertz CT molecular complexity index is 270. The van der Waals surface area contributed by atoms with Crippen molar-refractivity contribution >= 4 is 12.4 Å². The second kappa shape index (κ2) is 4.82. The van der Waals surface area contributed by atoms with Crippen LogP contribution in [0.5, 0.6) is 0 Å². The number of carboxylic acid groups (broad SMARTS) is 1. The smallest absolute Gasteiger partial charge is 0.331 e. The van der Waals surface area contributed by atoms with Crippen molar-refractivity contribution in [3.8, 4) is 0 Å². The molecule has 0 saturated carbocycles. The highest BCUT2D eigenvalue weighted by Gasteiger charge is 2.50. The van der Waals surface area contributed by atoms with E-state index in [1.807, 2.05) is 25.8 Å². The molecule has 0 spiro atoms. The summed E-state index contributed by atoms with van der Waals surface area (Å²) in [5, 5.41) is 9.40. The van der Waals surface area contributed by atoms with Crippen molar-refractivity contribution in [1.82, 2.24) is 9.80 Å². The predicted molar refractivity (Wildman–Crippen MR) is 60.1 cm³/mol. The number of likely N-dealkylation sites (tertiary alicyclic amines) is 1. The van der Waals surface area contributed by atoms with Crippen LogP contribution >= 0.6 is 0 Å². The van der Waals surface area contributed by atoms with Gasteiger partial charge < -0.3 is 14.9 Å². The van der Waals surface area contributed by atoms with Crippen LogP contribution in [0.3, 0.4) is 0 Å². The van der Waals surface area contributed by atoms with E-state index in [1.165, 1.54) is 4.90 Å². The van der Waals surface area contributed by atoms with Gasteiger partial charge >= 0.3 is 5.97 Å². The van der Waals surface area contributed by atoms with Gasteiger partial charge in [-0.15, -0.1) is 0 Å². The maximum absolute atomic E-state index is 11.5.